The van der Waals surface area contributed by atoms with E-state index in [4.69, 9.17) is 23.2 Å². The molecular formula is C18H20Cl2O2. The van der Waals surface area contributed by atoms with Crippen LogP contribution in [0.25, 0.3) is 0 Å². The molecule has 1 aliphatic rings. The highest BCUT2D eigenvalue weighted by molar-refractivity contribution is 6.42. The van der Waals surface area contributed by atoms with E-state index < -0.39 is 0 Å². The zero-order valence-corrected chi connectivity index (χ0v) is 14.6. The van der Waals surface area contributed by atoms with Gasteiger partial charge in [-0.2, -0.15) is 0 Å². The number of halogens is 2. The molecule has 4 heteroatoms. The van der Waals surface area contributed by atoms with Gasteiger partial charge >= 0.3 is 0 Å². The first-order valence-corrected chi connectivity index (χ1v) is 8.15. The van der Waals surface area contributed by atoms with E-state index in [-0.39, 0.29) is 22.9 Å². The number of carbonyl (C=O) groups excluding carboxylic acids is 2. The third kappa shape index (κ3) is 3.99. The Balaban J connectivity index is 2.22. The number of ketones is 2. The summed E-state index contributed by atoms with van der Waals surface area (Å²) < 4.78 is 0. The Morgan fingerprint density at radius 1 is 1.14 bits per heavy atom. The van der Waals surface area contributed by atoms with Crippen molar-refractivity contribution >= 4 is 34.8 Å². The van der Waals surface area contributed by atoms with Crippen molar-refractivity contribution in [2.24, 2.45) is 5.41 Å². The van der Waals surface area contributed by atoms with Crippen molar-refractivity contribution in [3.05, 3.63) is 45.5 Å². The normalized spacial score (nSPS) is 19.5. The number of benzene rings is 1. The summed E-state index contributed by atoms with van der Waals surface area (Å²) in [5, 5.41) is 0.894. The number of carbonyl (C=O) groups is 2. The summed E-state index contributed by atoms with van der Waals surface area (Å²) in [5.41, 5.74) is 1.19. The van der Waals surface area contributed by atoms with Crippen LogP contribution in [0.5, 0.6) is 0 Å². The van der Waals surface area contributed by atoms with Crippen LogP contribution in [0.15, 0.2) is 29.8 Å². The summed E-state index contributed by atoms with van der Waals surface area (Å²) in [7, 11) is 0. The molecule has 1 aromatic rings. The maximum atomic E-state index is 12.3. The number of allylic oxidation sites excluding steroid dienone is 2. The molecule has 0 radical (unpaired) electrons. The zero-order chi connectivity index (χ0) is 16.5. The Kier molecular flexibility index (Phi) is 5.14. The van der Waals surface area contributed by atoms with Crippen molar-refractivity contribution in [2.45, 2.75) is 46.0 Å². The fraction of sp³-hybridized carbons (Fsp3) is 0.444. The van der Waals surface area contributed by atoms with Crippen molar-refractivity contribution in [3.8, 4) is 0 Å². The van der Waals surface area contributed by atoms with Crippen LogP contribution in [-0.2, 0) is 9.59 Å². The Morgan fingerprint density at radius 2 is 1.73 bits per heavy atom. The second-order valence-electron chi connectivity index (χ2n) is 6.98. The maximum absolute atomic E-state index is 12.3. The van der Waals surface area contributed by atoms with E-state index in [2.05, 4.69) is 20.8 Å². The molecule has 2 nitrogen and oxygen atoms in total. The van der Waals surface area contributed by atoms with Crippen LogP contribution >= 0.6 is 23.2 Å². The second kappa shape index (κ2) is 6.55. The van der Waals surface area contributed by atoms with Gasteiger partial charge in [-0.1, -0.05) is 62.2 Å². The number of hydrogen-bond donors (Lipinski definition) is 0. The molecule has 0 bridgehead atoms. The first-order chi connectivity index (χ1) is 10.2. The SMILES string of the molecule is CC(C)(C)CC=C1C(=O)CC(c2cccc(Cl)c2Cl)CC1=O. The smallest absolute Gasteiger partial charge is 0.166 e. The molecule has 0 atom stereocenters. The van der Waals surface area contributed by atoms with Crippen LogP contribution in [0.1, 0.15) is 51.5 Å². The molecule has 0 amide bonds. The van der Waals surface area contributed by atoms with Crippen LogP contribution in [0, 0.1) is 5.41 Å². The lowest BCUT2D eigenvalue weighted by Gasteiger charge is -2.24. The third-order valence-electron chi connectivity index (χ3n) is 3.80. The zero-order valence-electron chi connectivity index (χ0n) is 13.1. The molecule has 2 rings (SSSR count). The molecule has 0 spiro atoms. The predicted molar refractivity (Wildman–Crippen MR) is 90.6 cm³/mol. The Labute approximate surface area is 141 Å². The minimum Gasteiger partial charge on any atom is -0.294 e. The van der Waals surface area contributed by atoms with E-state index in [9.17, 15) is 9.59 Å². The van der Waals surface area contributed by atoms with Crippen LogP contribution in [0.4, 0.5) is 0 Å². The van der Waals surface area contributed by atoms with Gasteiger partial charge in [0.25, 0.3) is 0 Å². The average molecular weight is 339 g/mol. The van der Waals surface area contributed by atoms with E-state index in [1.807, 2.05) is 6.07 Å². The summed E-state index contributed by atoms with van der Waals surface area (Å²) >= 11 is 12.2. The summed E-state index contributed by atoms with van der Waals surface area (Å²) in [6.45, 7) is 6.24. The molecule has 1 aromatic carbocycles. The van der Waals surface area contributed by atoms with Crippen molar-refractivity contribution in [3.63, 3.8) is 0 Å². The molecule has 0 aromatic heterocycles. The quantitative estimate of drug-likeness (QED) is 0.536. The summed E-state index contributed by atoms with van der Waals surface area (Å²) in [4.78, 5) is 24.7. The Morgan fingerprint density at radius 3 is 2.27 bits per heavy atom. The van der Waals surface area contributed by atoms with Gasteiger partial charge < -0.3 is 0 Å². The van der Waals surface area contributed by atoms with E-state index in [1.54, 1.807) is 18.2 Å². The van der Waals surface area contributed by atoms with Crippen molar-refractivity contribution < 1.29 is 9.59 Å². The molecule has 22 heavy (non-hydrogen) atoms. The molecule has 1 fully saturated rings. The minimum atomic E-state index is -0.182. The third-order valence-corrected chi connectivity index (χ3v) is 4.64. The monoisotopic (exact) mass is 338 g/mol. The summed E-state index contributed by atoms with van der Waals surface area (Å²) in [6, 6.07) is 5.33. The van der Waals surface area contributed by atoms with Gasteiger partial charge in [0.05, 0.1) is 15.6 Å². The molecule has 0 unspecified atom stereocenters. The number of Topliss-reactive ketones (excluding diaryl/α,β-unsaturated/α-hetero) is 2. The van der Waals surface area contributed by atoms with Crippen LogP contribution < -0.4 is 0 Å². The molecule has 0 saturated heterocycles. The fourth-order valence-corrected chi connectivity index (χ4v) is 3.05. The Hall–Kier alpha value is -1.12. The molecule has 0 aliphatic heterocycles. The maximum Gasteiger partial charge on any atom is 0.166 e. The number of hydrogen-bond acceptors (Lipinski definition) is 2. The van der Waals surface area contributed by atoms with Crippen LogP contribution in [-0.4, -0.2) is 11.6 Å². The van der Waals surface area contributed by atoms with E-state index in [0.29, 0.717) is 34.9 Å². The lowest BCUT2D eigenvalue weighted by molar-refractivity contribution is -0.124. The largest absolute Gasteiger partial charge is 0.294 e. The van der Waals surface area contributed by atoms with Crippen LogP contribution in [0.3, 0.4) is 0 Å². The molecule has 1 aliphatic carbocycles. The van der Waals surface area contributed by atoms with Crippen molar-refractivity contribution in [1.82, 2.24) is 0 Å². The lowest BCUT2D eigenvalue weighted by Crippen LogP contribution is -2.25. The van der Waals surface area contributed by atoms with E-state index in [0.717, 1.165) is 5.56 Å². The summed E-state index contributed by atoms with van der Waals surface area (Å²) in [5.74, 6) is -0.374. The second-order valence-corrected chi connectivity index (χ2v) is 7.76. The predicted octanol–water partition coefficient (Wildman–Crippen LogP) is 5.37. The fourth-order valence-electron chi connectivity index (χ4n) is 2.59. The van der Waals surface area contributed by atoms with Gasteiger partial charge in [-0.25, -0.2) is 0 Å². The highest BCUT2D eigenvalue weighted by Gasteiger charge is 2.32. The van der Waals surface area contributed by atoms with Gasteiger partial charge in [0.1, 0.15) is 0 Å². The highest BCUT2D eigenvalue weighted by atomic mass is 35.5. The van der Waals surface area contributed by atoms with Crippen molar-refractivity contribution in [1.29, 1.82) is 0 Å². The standard InChI is InChI=1S/C18H20Cl2O2/c1-18(2,3)8-7-13-15(21)9-11(10-16(13)22)12-5-4-6-14(19)17(12)20/h4-7,11H,8-10H2,1-3H3. The van der Waals surface area contributed by atoms with Gasteiger partial charge in [0.2, 0.25) is 0 Å². The lowest BCUT2D eigenvalue weighted by atomic mass is 9.78. The molecular weight excluding hydrogens is 319 g/mol. The van der Waals surface area contributed by atoms with Gasteiger partial charge in [0.15, 0.2) is 11.6 Å². The molecule has 0 N–H and O–H groups in total. The van der Waals surface area contributed by atoms with E-state index in [1.165, 1.54) is 0 Å². The summed E-state index contributed by atoms with van der Waals surface area (Å²) in [6.07, 6.45) is 3.12. The number of rotatable bonds is 2. The first kappa shape index (κ1) is 17.2. The Bertz CT molecular complexity index is 619. The van der Waals surface area contributed by atoms with Gasteiger partial charge in [-0.05, 0) is 29.4 Å². The van der Waals surface area contributed by atoms with E-state index >= 15 is 0 Å². The van der Waals surface area contributed by atoms with Gasteiger partial charge in [0, 0.05) is 12.8 Å². The van der Waals surface area contributed by atoms with Crippen LogP contribution in [0.2, 0.25) is 10.0 Å². The molecule has 1 saturated carbocycles. The van der Waals surface area contributed by atoms with Gasteiger partial charge in [-0.15, -0.1) is 0 Å². The topological polar surface area (TPSA) is 34.1 Å². The van der Waals surface area contributed by atoms with Gasteiger partial charge in [-0.3, -0.25) is 9.59 Å². The highest BCUT2D eigenvalue weighted by Crippen LogP contribution is 2.38. The minimum absolute atomic E-state index is 0.0562. The van der Waals surface area contributed by atoms with Crippen molar-refractivity contribution in [2.75, 3.05) is 0 Å². The molecule has 0 heterocycles. The molecule has 118 valence electrons. The average Bonchev–Trinajstić information content (AvgIpc) is 2.39. The first-order valence-electron chi connectivity index (χ1n) is 7.39.